The Labute approximate surface area is 192 Å². The maximum absolute atomic E-state index is 13.8. The summed E-state index contributed by atoms with van der Waals surface area (Å²) in [7, 11) is -1.35. The molecule has 1 aromatic rings. The average molecular weight is 468 g/mol. The zero-order valence-electron chi connectivity index (χ0n) is 18.9. The minimum Gasteiger partial charge on any atom is -0.477 e. The summed E-state index contributed by atoms with van der Waals surface area (Å²) in [5, 5.41) is 9.92. The van der Waals surface area contributed by atoms with Crippen molar-refractivity contribution in [2.24, 2.45) is 11.3 Å². The number of rotatable bonds is 5. The number of carboxylic acid groups (broad SMARTS) is 1. The largest absolute Gasteiger partial charge is 0.477 e. The second-order valence-corrected chi connectivity index (χ2v) is 12.7. The van der Waals surface area contributed by atoms with Crippen LogP contribution in [-0.4, -0.2) is 32.7 Å². The molecule has 2 aliphatic carbocycles. The number of anilines is 1. The minimum absolute atomic E-state index is 0.0185. The highest BCUT2D eigenvalue weighted by Gasteiger charge is 2.36. The van der Waals surface area contributed by atoms with Crippen LogP contribution in [0.1, 0.15) is 93.6 Å². The van der Waals surface area contributed by atoms with E-state index in [2.05, 4.69) is 18.8 Å². The number of aromatic carboxylic acids is 1. The number of nitrogens with zero attached hydrogens (tertiary/aromatic N) is 1. The van der Waals surface area contributed by atoms with Crippen LogP contribution in [0.25, 0.3) is 0 Å². The van der Waals surface area contributed by atoms with Crippen molar-refractivity contribution in [2.75, 3.05) is 4.31 Å². The summed E-state index contributed by atoms with van der Waals surface area (Å²) in [6.45, 7) is 8.25. The first-order valence-corrected chi connectivity index (χ1v) is 13.3. The Balaban J connectivity index is 1.99. The number of halogens is 1. The van der Waals surface area contributed by atoms with Gasteiger partial charge >= 0.3 is 5.97 Å². The zero-order valence-corrected chi connectivity index (χ0v) is 20.6. The van der Waals surface area contributed by atoms with Gasteiger partial charge in [0.05, 0.1) is 15.8 Å². The molecule has 2 fully saturated rings. The van der Waals surface area contributed by atoms with Crippen molar-refractivity contribution in [1.29, 1.82) is 0 Å². The standard InChI is InChI=1S/C24H34FNO3S2/c1-16-5-11-20(12-6-16)31(29)26(18-9-7-17(25)8-10-18)21-15-19(13-14-24(2,3)4)30-22(21)23(27)28/h15-18,20H,5-12H2,1-4H3,(H,27,28). The highest BCUT2D eigenvalue weighted by molar-refractivity contribution is 7.87. The maximum Gasteiger partial charge on any atom is 0.348 e. The summed E-state index contributed by atoms with van der Waals surface area (Å²) < 4.78 is 29.5. The van der Waals surface area contributed by atoms with Gasteiger partial charge in [-0.2, -0.15) is 0 Å². The molecule has 31 heavy (non-hydrogen) atoms. The predicted octanol–water partition coefficient (Wildman–Crippen LogP) is 6.17. The quantitative estimate of drug-likeness (QED) is 0.527. The molecule has 172 valence electrons. The highest BCUT2D eigenvalue weighted by atomic mass is 32.2. The molecule has 1 unspecified atom stereocenters. The number of alkyl halides is 1. The van der Waals surface area contributed by atoms with Crippen molar-refractivity contribution >= 4 is 34.0 Å². The Kier molecular flexibility index (Phi) is 7.86. The van der Waals surface area contributed by atoms with E-state index >= 15 is 0 Å². The van der Waals surface area contributed by atoms with E-state index in [1.807, 2.05) is 25.1 Å². The van der Waals surface area contributed by atoms with E-state index in [0.717, 1.165) is 37.0 Å². The molecule has 3 rings (SSSR count). The molecule has 0 spiro atoms. The number of carbonyl (C=O) groups is 1. The molecule has 0 bridgehead atoms. The molecule has 0 radical (unpaired) electrons. The lowest BCUT2D eigenvalue weighted by Crippen LogP contribution is -2.44. The van der Waals surface area contributed by atoms with Crippen molar-refractivity contribution in [3.8, 4) is 11.8 Å². The van der Waals surface area contributed by atoms with E-state index in [1.54, 1.807) is 6.07 Å². The summed E-state index contributed by atoms with van der Waals surface area (Å²) in [5.74, 6) is 5.88. The summed E-state index contributed by atoms with van der Waals surface area (Å²) in [6.07, 6.45) is 5.07. The van der Waals surface area contributed by atoms with Crippen molar-refractivity contribution in [3.63, 3.8) is 0 Å². The Morgan fingerprint density at radius 3 is 2.32 bits per heavy atom. The van der Waals surface area contributed by atoms with Gasteiger partial charge in [0.2, 0.25) is 0 Å². The summed E-state index contributed by atoms with van der Waals surface area (Å²) in [6, 6.07) is 1.68. The van der Waals surface area contributed by atoms with E-state index in [9.17, 15) is 18.5 Å². The van der Waals surface area contributed by atoms with Crippen LogP contribution in [0.15, 0.2) is 6.07 Å². The Morgan fingerprint density at radius 2 is 1.77 bits per heavy atom. The third-order valence-electron chi connectivity index (χ3n) is 6.10. The molecular formula is C24H34FNO3S2. The molecule has 0 aliphatic heterocycles. The van der Waals surface area contributed by atoms with Gasteiger partial charge in [-0.25, -0.2) is 13.4 Å². The van der Waals surface area contributed by atoms with Crippen LogP contribution in [-0.2, 0) is 11.0 Å². The number of hydrogen-bond acceptors (Lipinski definition) is 3. The van der Waals surface area contributed by atoms with Gasteiger partial charge in [-0.1, -0.05) is 18.8 Å². The first-order chi connectivity index (χ1) is 14.5. The van der Waals surface area contributed by atoms with Crippen LogP contribution in [0.2, 0.25) is 0 Å². The van der Waals surface area contributed by atoms with Crippen LogP contribution >= 0.6 is 11.3 Å². The zero-order chi connectivity index (χ0) is 22.8. The minimum atomic E-state index is -1.35. The summed E-state index contributed by atoms with van der Waals surface area (Å²) in [4.78, 5) is 12.9. The van der Waals surface area contributed by atoms with Gasteiger partial charge in [0.15, 0.2) is 0 Å². The topological polar surface area (TPSA) is 57.6 Å². The first kappa shape index (κ1) is 24.3. The third kappa shape index (κ3) is 6.32. The Bertz CT molecular complexity index is 864. The van der Waals surface area contributed by atoms with Gasteiger partial charge in [-0.3, -0.25) is 4.31 Å². The highest BCUT2D eigenvalue weighted by Crippen LogP contribution is 2.39. The molecule has 0 aromatic carbocycles. The van der Waals surface area contributed by atoms with Gasteiger partial charge in [-0.05, 0) is 84.1 Å². The lowest BCUT2D eigenvalue weighted by Gasteiger charge is -2.38. The van der Waals surface area contributed by atoms with E-state index < -0.39 is 23.1 Å². The van der Waals surface area contributed by atoms with E-state index in [1.165, 1.54) is 0 Å². The van der Waals surface area contributed by atoms with Gasteiger partial charge < -0.3 is 5.11 Å². The number of carboxylic acids is 1. The van der Waals surface area contributed by atoms with Crippen molar-refractivity contribution in [2.45, 2.75) is 96.5 Å². The van der Waals surface area contributed by atoms with E-state index in [0.29, 0.717) is 42.2 Å². The molecule has 1 N–H and O–H groups in total. The fourth-order valence-corrected chi connectivity index (χ4v) is 7.05. The van der Waals surface area contributed by atoms with Crippen LogP contribution in [0.3, 0.4) is 0 Å². The fraction of sp³-hybridized carbons (Fsp3) is 0.708. The Morgan fingerprint density at radius 1 is 1.16 bits per heavy atom. The van der Waals surface area contributed by atoms with Crippen molar-refractivity contribution in [1.82, 2.24) is 0 Å². The average Bonchev–Trinajstić information content (AvgIpc) is 3.12. The van der Waals surface area contributed by atoms with Gasteiger partial charge in [-0.15, -0.1) is 11.3 Å². The van der Waals surface area contributed by atoms with E-state index in [4.69, 9.17) is 0 Å². The van der Waals surface area contributed by atoms with E-state index in [-0.39, 0.29) is 21.6 Å². The second-order valence-electron chi connectivity index (χ2n) is 10.0. The van der Waals surface area contributed by atoms with Crippen LogP contribution < -0.4 is 4.31 Å². The third-order valence-corrected chi connectivity index (χ3v) is 9.06. The fourth-order valence-electron chi connectivity index (χ4n) is 4.31. The molecule has 0 saturated heterocycles. The smallest absolute Gasteiger partial charge is 0.348 e. The predicted molar refractivity (Wildman–Crippen MR) is 127 cm³/mol. The molecule has 1 atom stereocenters. The molecule has 1 heterocycles. The maximum atomic E-state index is 13.8. The number of thiophene rings is 1. The lowest BCUT2D eigenvalue weighted by atomic mass is 9.91. The summed E-state index contributed by atoms with van der Waals surface area (Å²) in [5.41, 5.74) is 0.295. The SMILES string of the molecule is CC1CCC(S(=O)N(c2cc(C#CC(C)(C)C)sc2C(=O)O)C2CCC(F)CC2)CC1. The molecule has 7 heteroatoms. The lowest BCUT2D eigenvalue weighted by molar-refractivity contribution is 0.0702. The molecule has 1 aromatic heterocycles. The van der Waals surface area contributed by atoms with Crippen LogP contribution in [0.4, 0.5) is 10.1 Å². The van der Waals surface area contributed by atoms with Crippen LogP contribution in [0.5, 0.6) is 0 Å². The molecular weight excluding hydrogens is 433 g/mol. The van der Waals surface area contributed by atoms with Crippen LogP contribution in [0, 0.1) is 23.2 Å². The second kappa shape index (κ2) is 10.0. The van der Waals surface area contributed by atoms with Gasteiger partial charge in [0.1, 0.15) is 22.0 Å². The number of hydrogen-bond donors (Lipinski definition) is 1. The van der Waals surface area contributed by atoms with Gasteiger partial charge in [0, 0.05) is 11.5 Å². The van der Waals surface area contributed by atoms with Gasteiger partial charge in [0.25, 0.3) is 0 Å². The Hall–Kier alpha value is -1.39. The monoisotopic (exact) mass is 467 g/mol. The first-order valence-electron chi connectivity index (χ1n) is 11.3. The normalized spacial score (nSPS) is 27.8. The van der Waals surface area contributed by atoms with Crippen molar-refractivity contribution in [3.05, 3.63) is 15.8 Å². The molecule has 4 nitrogen and oxygen atoms in total. The molecule has 0 amide bonds. The molecule has 2 aliphatic rings. The summed E-state index contributed by atoms with van der Waals surface area (Å²) >= 11 is 1.14. The van der Waals surface area contributed by atoms with Crippen molar-refractivity contribution < 1.29 is 18.5 Å². The molecule has 2 saturated carbocycles.